The number of hydrogen-bond donors (Lipinski definition) is 1. The van der Waals surface area contributed by atoms with Crippen LogP contribution in [0.15, 0.2) is 31.0 Å². The minimum Gasteiger partial charge on any atom is -0.378 e. The first kappa shape index (κ1) is 12.5. The van der Waals surface area contributed by atoms with E-state index in [0.29, 0.717) is 11.3 Å². The molecule has 19 heavy (non-hydrogen) atoms. The predicted molar refractivity (Wildman–Crippen MR) is 77.7 cm³/mol. The molecule has 2 atom stereocenters. The second-order valence-electron chi connectivity index (χ2n) is 4.68. The second-order valence-corrected chi connectivity index (χ2v) is 6.17. The quantitative estimate of drug-likeness (QED) is 0.932. The van der Waals surface area contributed by atoms with Crippen LogP contribution in [0.25, 0.3) is 5.82 Å². The fourth-order valence-electron chi connectivity index (χ4n) is 2.32. The minimum absolute atomic E-state index is 0.491. The van der Waals surface area contributed by atoms with Gasteiger partial charge in [-0.1, -0.05) is 6.92 Å². The van der Waals surface area contributed by atoms with Gasteiger partial charge in [-0.25, -0.2) is 14.6 Å². The molecule has 0 aromatic carbocycles. The SMILES string of the molecule is CC1SCCCC1Nc1cccnc1-n1cncn1. The highest BCUT2D eigenvalue weighted by Gasteiger charge is 2.22. The Hall–Kier alpha value is -1.56. The summed E-state index contributed by atoms with van der Waals surface area (Å²) in [6, 6.07) is 4.49. The molecule has 6 heteroatoms. The molecular formula is C13H17N5S. The summed E-state index contributed by atoms with van der Waals surface area (Å²) in [7, 11) is 0. The highest BCUT2D eigenvalue weighted by molar-refractivity contribution is 8.00. The van der Waals surface area contributed by atoms with Gasteiger partial charge in [0.2, 0.25) is 0 Å². The first-order valence-electron chi connectivity index (χ1n) is 6.53. The average molecular weight is 275 g/mol. The number of pyridine rings is 1. The van der Waals surface area contributed by atoms with Gasteiger partial charge in [-0.05, 0) is 30.7 Å². The lowest BCUT2D eigenvalue weighted by Crippen LogP contribution is -2.33. The summed E-state index contributed by atoms with van der Waals surface area (Å²) in [5.41, 5.74) is 1.02. The molecule has 5 nitrogen and oxygen atoms in total. The zero-order valence-corrected chi connectivity index (χ0v) is 11.7. The summed E-state index contributed by atoms with van der Waals surface area (Å²) in [6.45, 7) is 2.28. The zero-order valence-electron chi connectivity index (χ0n) is 10.9. The van der Waals surface area contributed by atoms with Gasteiger partial charge in [0.25, 0.3) is 0 Å². The Bertz CT molecular complexity index is 528. The third-order valence-corrected chi connectivity index (χ3v) is 4.75. The van der Waals surface area contributed by atoms with Gasteiger partial charge in [-0.15, -0.1) is 0 Å². The number of nitrogens with zero attached hydrogens (tertiary/aromatic N) is 4. The lowest BCUT2D eigenvalue weighted by molar-refractivity contribution is 0.616. The molecule has 1 aliphatic heterocycles. The molecule has 0 aliphatic carbocycles. The average Bonchev–Trinajstić information content (AvgIpc) is 2.96. The molecule has 0 saturated carbocycles. The van der Waals surface area contributed by atoms with E-state index in [1.54, 1.807) is 17.2 Å². The number of rotatable bonds is 3. The minimum atomic E-state index is 0.491. The van der Waals surface area contributed by atoms with Crippen molar-refractivity contribution in [3.05, 3.63) is 31.0 Å². The maximum Gasteiger partial charge on any atom is 0.178 e. The third-order valence-electron chi connectivity index (χ3n) is 3.37. The topological polar surface area (TPSA) is 55.6 Å². The van der Waals surface area contributed by atoms with Gasteiger partial charge < -0.3 is 5.32 Å². The van der Waals surface area contributed by atoms with Crippen molar-refractivity contribution in [2.45, 2.75) is 31.1 Å². The standard InChI is InChI=1S/C13H17N5S/c1-10-11(5-3-7-19-10)17-12-4-2-6-15-13(12)18-9-14-8-16-18/h2,4,6,8-11,17H,3,5,7H2,1H3. The highest BCUT2D eigenvalue weighted by Crippen LogP contribution is 2.28. The van der Waals surface area contributed by atoms with Crippen molar-refractivity contribution in [2.75, 3.05) is 11.1 Å². The first-order valence-corrected chi connectivity index (χ1v) is 7.57. The van der Waals surface area contributed by atoms with E-state index >= 15 is 0 Å². The zero-order chi connectivity index (χ0) is 13.1. The van der Waals surface area contributed by atoms with E-state index < -0.39 is 0 Å². The van der Waals surface area contributed by atoms with Crippen LogP contribution in [0.1, 0.15) is 19.8 Å². The Kier molecular flexibility index (Phi) is 3.68. The number of thioether (sulfide) groups is 1. The Balaban J connectivity index is 1.84. The smallest absolute Gasteiger partial charge is 0.178 e. The fraction of sp³-hybridized carbons (Fsp3) is 0.462. The Morgan fingerprint density at radius 1 is 1.47 bits per heavy atom. The van der Waals surface area contributed by atoms with Gasteiger partial charge >= 0.3 is 0 Å². The van der Waals surface area contributed by atoms with Gasteiger partial charge in [0.05, 0.1) is 5.69 Å². The lowest BCUT2D eigenvalue weighted by atomic mass is 10.1. The molecule has 1 N–H and O–H groups in total. The van der Waals surface area contributed by atoms with Crippen molar-refractivity contribution >= 4 is 17.4 Å². The van der Waals surface area contributed by atoms with Gasteiger partial charge in [0, 0.05) is 17.5 Å². The normalized spacial score (nSPS) is 23.2. The number of hydrogen-bond acceptors (Lipinski definition) is 5. The van der Waals surface area contributed by atoms with Crippen LogP contribution >= 0.6 is 11.8 Å². The van der Waals surface area contributed by atoms with Crippen molar-refractivity contribution in [1.29, 1.82) is 0 Å². The molecule has 0 bridgehead atoms. The van der Waals surface area contributed by atoms with Crippen molar-refractivity contribution in [1.82, 2.24) is 19.7 Å². The van der Waals surface area contributed by atoms with Crippen LogP contribution in [-0.2, 0) is 0 Å². The molecule has 2 unspecified atom stereocenters. The molecular weight excluding hydrogens is 258 g/mol. The first-order chi connectivity index (χ1) is 9.34. The van der Waals surface area contributed by atoms with E-state index in [4.69, 9.17) is 0 Å². The maximum atomic E-state index is 4.40. The third kappa shape index (κ3) is 2.73. The molecule has 0 amide bonds. The van der Waals surface area contributed by atoms with Crippen molar-refractivity contribution in [2.24, 2.45) is 0 Å². The molecule has 3 rings (SSSR count). The van der Waals surface area contributed by atoms with Gasteiger partial charge in [0.15, 0.2) is 5.82 Å². The Morgan fingerprint density at radius 3 is 3.21 bits per heavy atom. The summed E-state index contributed by atoms with van der Waals surface area (Å²) in [5, 5.41) is 8.40. The van der Waals surface area contributed by atoms with Crippen LogP contribution in [0.2, 0.25) is 0 Å². The summed E-state index contributed by atoms with van der Waals surface area (Å²) in [5.74, 6) is 2.07. The van der Waals surface area contributed by atoms with E-state index in [1.807, 2.05) is 17.8 Å². The molecule has 1 aliphatic rings. The largest absolute Gasteiger partial charge is 0.378 e. The van der Waals surface area contributed by atoms with Crippen molar-refractivity contribution in [3.63, 3.8) is 0 Å². The predicted octanol–water partition coefficient (Wildman–Crippen LogP) is 2.36. The van der Waals surface area contributed by atoms with E-state index in [9.17, 15) is 0 Å². The molecule has 1 saturated heterocycles. The molecule has 0 spiro atoms. The second kappa shape index (κ2) is 5.61. The summed E-state index contributed by atoms with van der Waals surface area (Å²) in [6.07, 6.45) is 7.46. The van der Waals surface area contributed by atoms with Crippen molar-refractivity contribution < 1.29 is 0 Å². The monoisotopic (exact) mass is 275 g/mol. The lowest BCUT2D eigenvalue weighted by Gasteiger charge is -2.30. The molecule has 2 aromatic rings. The summed E-state index contributed by atoms with van der Waals surface area (Å²) < 4.78 is 1.70. The van der Waals surface area contributed by atoms with Crippen LogP contribution in [0, 0.1) is 0 Å². The van der Waals surface area contributed by atoms with Crippen LogP contribution in [0.3, 0.4) is 0 Å². The van der Waals surface area contributed by atoms with Gasteiger partial charge in [-0.3, -0.25) is 0 Å². The fourth-order valence-corrected chi connectivity index (χ4v) is 3.46. The van der Waals surface area contributed by atoms with E-state index in [0.717, 1.165) is 11.5 Å². The summed E-state index contributed by atoms with van der Waals surface area (Å²) in [4.78, 5) is 8.38. The molecule has 2 aromatic heterocycles. The van der Waals surface area contributed by atoms with Crippen molar-refractivity contribution in [3.8, 4) is 5.82 Å². The van der Waals surface area contributed by atoms with Crippen LogP contribution in [0.4, 0.5) is 5.69 Å². The number of nitrogens with one attached hydrogen (secondary N) is 1. The summed E-state index contributed by atoms with van der Waals surface area (Å²) >= 11 is 2.03. The van der Waals surface area contributed by atoms with Gasteiger partial charge in [0.1, 0.15) is 12.7 Å². The van der Waals surface area contributed by atoms with Crippen LogP contribution in [0.5, 0.6) is 0 Å². The molecule has 1 fully saturated rings. The Morgan fingerprint density at radius 2 is 2.42 bits per heavy atom. The highest BCUT2D eigenvalue weighted by atomic mass is 32.2. The van der Waals surface area contributed by atoms with E-state index in [1.165, 1.54) is 24.9 Å². The van der Waals surface area contributed by atoms with Gasteiger partial charge in [-0.2, -0.15) is 16.9 Å². The number of anilines is 1. The van der Waals surface area contributed by atoms with E-state index in [2.05, 4.69) is 33.4 Å². The molecule has 100 valence electrons. The molecule has 3 heterocycles. The van der Waals surface area contributed by atoms with Crippen LogP contribution < -0.4 is 5.32 Å². The maximum absolute atomic E-state index is 4.40. The Labute approximate surface area is 116 Å². The molecule has 0 radical (unpaired) electrons. The van der Waals surface area contributed by atoms with E-state index in [-0.39, 0.29) is 0 Å². The number of aromatic nitrogens is 4. The van der Waals surface area contributed by atoms with Crippen LogP contribution in [-0.4, -0.2) is 36.8 Å².